The van der Waals surface area contributed by atoms with E-state index in [1.807, 2.05) is 37.3 Å². The minimum absolute atomic E-state index is 0.114. The number of nitrogens with zero attached hydrogens (tertiary/aromatic N) is 2. The Labute approximate surface area is 168 Å². The minimum atomic E-state index is -1.29. The number of likely N-dealkylation sites (N-methyl/N-ethyl adjacent to an activating group) is 1. The molecule has 2 aromatic rings. The monoisotopic (exact) mass is 395 g/mol. The average Bonchev–Trinajstić information content (AvgIpc) is 3.28. The molecule has 2 aliphatic rings. The van der Waals surface area contributed by atoms with Gasteiger partial charge in [0.1, 0.15) is 12.1 Å². The number of urea groups is 1. The average molecular weight is 395 g/mol. The van der Waals surface area contributed by atoms with Crippen LogP contribution in [0.25, 0.3) is 0 Å². The lowest BCUT2D eigenvalue weighted by atomic mass is 9.91. The second-order valence-corrected chi connectivity index (χ2v) is 6.99. The molecule has 0 spiro atoms. The molecule has 4 rings (SSSR count). The Morgan fingerprint density at radius 1 is 1.14 bits per heavy atom. The Balaban J connectivity index is 1.56. The fourth-order valence-electron chi connectivity index (χ4n) is 3.58. The number of benzene rings is 2. The number of rotatable bonds is 5. The van der Waals surface area contributed by atoms with E-state index in [-0.39, 0.29) is 19.2 Å². The molecule has 0 unspecified atom stereocenters. The lowest BCUT2D eigenvalue weighted by molar-refractivity contribution is -0.134. The number of para-hydroxylation sites is 1. The summed E-state index contributed by atoms with van der Waals surface area (Å²) < 4.78 is 10.7. The summed E-state index contributed by atoms with van der Waals surface area (Å²) in [5.41, 5.74) is -0.0154. The van der Waals surface area contributed by atoms with Gasteiger partial charge in [-0.2, -0.15) is 0 Å². The van der Waals surface area contributed by atoms with Crippen molar-refractivity contribution in [2.45, 2.75) is 19.4 Å². The van der Waals surface area contributed by atoms with Gasteiger partial charge in [0.25, 0.3) is 5.91 Å². The highest BCUT2D eigenvalue weighted by Gasteiger charge is 2.50. The lowest BCUT2D eigenvalue weighted by Crippen LogP contribution is -2.44. The molecule has 0 aliphatic carbocycles. The zero-order valence-electron chi connectivity index (χ0n) is 16.2. The number of hydrogen-bond acceptors (Lipinski definition) is 5. The van der Waals surface area contributed by atoms with Crippen LogP contribution in [0.15, 0.2) is 48.5 Å². The molecule has 2 heterocycles. The standard InChI is InChI=1S/C21H21N3O5/c1-3-23(15-7-5-4-6-8-15)18(25)12-24-19(26)21(2,22-20(24)27)14-9-10-16-17(11-14)29-13-28-16/h4-11H,3,12-13H2,1-2H3,(H,22,27)/t21-/m0/s1. The quantitative estimate of drug-likeness (QED) is 0.785. The van der Waals surface area contributed by atoms with Crippen molar-refractivity contribution in [3.63, 3.8) is 0 Å². The van der Waals surface area contributed by atoms with Crippen LogP contribution in [-0.4, -0.2) is 42.6 Å². The van der Waals surface area contributed by atoms with Crippen LogP contribution in [0, 0.1) is 0 Å². The topological polar surface area (TPSA) is 88.2 Å². The first-order valence-electron chi connectivity index (χ1n) is 9.33. The van der Waals surface area contributed by atoms with Crippen LogP contribution < -0.4 is 19.7 Å². The van der Waals surface area contributed by atoms with Gasteiger partial charge in [-0.15, -0.1) is 0 Å². The molecule has 1 atom stereocenters. The molecule has 0 radical (unpaired) electrons. The molecule has 2 aromatic carbocycles. The van der Waals surface area contributed by atoms with E-state index in [4.69, 9.17) is 9.47 Å². The van der Waals surface area contributed by atoms with Crippen molar-refractivity contribution < 1.29 is 23.9 Å². The molecule has 1 saturated heterocycles. The summed E-state index contributed by atoms with van der Waals surface area (Å²) >= 11 is 0. The molecular weight excluding hydrogens is 374 g/mol. The van der Waals surface area contributed by atoms with Crippen molar-refractivity contribution >= 4 is 23.5 Å². The molecule has 1 N–H and O–H groups in total. The predicted octanol–water partition coefficient (Wildman–Crippen LogP) is 2.24. The van der Waals surface area contributed by atoms with Crippen molar-refractivity contribution in [2.24, 2.45) is 0 Å². The van der Waals surface area contributed by atoms with Gasteiger partial charge in [0.05, 0.1) is 0 Å². The summed E-state index contributed by atoms with van der Waals surface area (Å²) in [5, 5.41) is 2.71. The zero-order chi connectivity index (χ0) is 20.6. The number of fused-ring (bicyclic) bond motifs is 1. The largest absolute Gasteiger partial charge is 0.454 e. The molecule has 0 bridgehead atoms. The highest BCUT2D eigenvalue weighted by Crippen LogP contribution is 2.37. The normalized spacial score (nSPS) is 20.0. The molecule has 2 aliphatic heterocycles. The van der Waals surface area contributed by atoms with E-state index in [0.717, 1.165) is 4.90 Å². The number of hydrogen-bond donors (Lipinski definition) is 1. The maximum atomic E-state index is 13.1. The van der Waals surface area contributed by atoms with Gasteiger partial charge in [0.15, 0.2) is 11.5 Å². The number of imide groups is 1. The van der Waals surface area contributed by atoms with Crippen molar-refractivity contribution in [1.29, 1.82) is 0 Å². The summed E-state index contributed by atoms with van der Waals surface area (Å²) in [5.74, 6) is 0.278. The van der Waals surface area contributed by atoms with Crippen molar-refractivity contribution in [1.82, 2.24) is 10.2 Å². The van der Waals surface area contributed by atoms with Gasteiger partial charge >= 0.3 is 6.03 Å². The number of amides is 4. The Kier molecular flexibility index (Phi) is 4.62. The highest BCUT2D eigenvalue weighted by atomic mass is 16.7. The van der Waals surface area contributed by atoms with Crippen molar-refractivity contribution in [3.8, 4) is 11.5 Å². The van der Waals surface area contributed by atoms with Crippen LogP contribution in [0.1, 0.15) is 19.4 Å². The molecule has 1 fully saturated rings. The van der Waals surface area contributed by atoms with Crippen molar-refractivity contribution in [2.75, 3.05) is 24.8 Å². The lowest BCUT2D eigenvalue weighted by Gasteiger charge is -2.24. The van der Waals surface area contributed by atoms with Gasteiger partial charge in [-0.05, 0) is 43.7 Å². The third kappa shape index (κ3) is 3.16. The smallest absolute Gasteiger partial charge is 0.325 e. The van der Waals surface area contributed by atoms with E-state index in [0.29, 0.717) is 29.3 Å². The molecule has 150 valence electrons. The summed E-state index contributed by atoms with van der Waals surface area (Å²) in [4.78, 5) is 41.0. The van der Waals surface area contributed by atoms with E-state index in [9.17, 15) is 14.4 Å². The maximum Gasteiger partial charge on any atom is 0.325 e. The van der Waals surface area contributed by atoms with Crippen molar-refractivity contribution in [3.05, 3.63) is 54.1 Å². The van der Waals surface area contributed by atoms with Gasteiger partial charge in [-0.25, -0.2) is 4.79 Å². The van der Waals surface area contributed by atoms with Gasteiger partial charge in [-0.1, -0.05) is 24.3 Å². The number of carbonyl (C=O) groups excluding carboxylic acids is 3. The molecule has 8 nitrogen and oxygen atoms in total. The highest BCUT2D eigenvalue weighted by molar-refractivity contribution is 6.10. The second kappa shape index (κ2) is 7.12. The SMILES string of the molecule is CCN(C(=O)CN1C(=O)N[C@@](C)(c2ccc3c(c2)OCO3)C1=O)c1ccccc1. The summed E-state index contributed by atoms with van der Waals surface area (Å²) in [7, 11) is 0. The summed E-state index contributed by atoms with van der Waals surface area (Å²) in [6.07, 6.45) is 0. The second-order valence-electron chi connectivity index (χ2n) is 6.99. The molecule has 29 heavy (non-hydrogen) atoms. The van der Waals surface area contributed by atoms with E-state index in [1.165, 1.54) is 4.90 Å². The number of nitrogens with one attached hydrogen (secondary N) is 1. The Morgan fingerprint density at radius 3 is 2.59 bits per heavy atom. The van der Waals surface area contributed by atoms with E-state index >= 15 is 0 Å². The van der Waals surface area contributed by atoms with Crippen LogP contribution in [0.2, 0.25) is 0 Å². The summed E-state index contributed by atoms with van der Waals surface area (Å²) in [6.45, 7) is 3.65. The van der Waals surface area contributed by atoms with E-state index < -0.39 is 17.5 Å². The zero-order valence-corrected chi connectivity index (χ0v) is 16.2. The van der Waals surface area contributed by atoms with Gasteiger partial charge < -0.3 is 19.7 Å². The fraction of sp³-hybridized carbons (Fsp3) is 0.286. The van der Waals surface area contributed by atoms with Gasteiger partial charge in [-0.3, -0.25) is 14.5 Å². The third-order valence-corrected chi connectivity index (χ3v) is 5.20. The molecule has 8 heteroatoms. The fourth-order valence-corrected chi connectivity index (χ4v) is 3.58. The first-order valence-corrected chi connectivity index (χ1v) is 9.33. The number of ether oxygens (including phenoxy) is 2. The van der Waals surface area contributed by atoms with Crippen LogP contribution in [0.4, 0.5) is 10.5 Å². The minimum Gasteiger partial charge on any atom is -0.454 e. The van der Waals surface area contributed by atoms with E-state index in [2.05, 4.69) is 5.32 Å². The van der Waals surface area contributed by atoms with Crippen LogP contribution in [-0.2, 0) is 15.1 Å². The maximum absolute atomic E-state index is 13.1. The van der Waals surface area contributed by atoms with Gasteiger partial charge in [0.2, 0.25) is 12.7 Å². The Morgan fingerprint density at radius 2 is 1.86 bits per heavy atom. The molecule has 0 saturated carbocycles. The number of carbonyl (C=O) groups is 3. The third-order valence-electron chi connectivity index (χ3n) is 5.20. The molecule has 0 aromatic heterocycles. The van der Waals surface area contributed by atoms with Crippen LogP contribution >= 0.6 is 0 Å². The first kappa shape index (κ1) is 18.8. The molecule has 4 amide bonds. The number of anilines is 1. The Hall–Kier alpha value is -3.55. The first-order chi connectivity index (χ1) is 13.9. The summed E-state index contributed by atoms with van der Waals surface area (Å²) in [6, 6.07) is 13.6. The van der Waals surface area contributed by atoms with Gasteiger partial charge in [0, 0.05) is 12.2 Å². The predicted molar refractivity (Wildman–Crippen MR) is 105 cm³/mol. The molecular formula is C21H21N3O5. The van der Waals surface area contributed by atoms with Crippen LogP contribution in [0.5, 0.6) is 11.5 Å². The van der Waals surface area contributed by atoms with Crippen LogP contribution in [0.3, 0.4) is 0 Å². The Bertz CT molecular complexity index is 978. The van der Waals surface area contributed by atoms with E-state index in [1.54, 1.807) is 25.1 Å².